The van der Waals surface area contributed by atoms with E-state index in [2.05, 4.69) is 42.8 Å². The quantitative estimate of drug-likeness (QED) is 0.555. The van der Waals surface area contributed by atoms with Gasteiger partial charge in [0, 0.05) is 14.2 Å². The van der Waals surface area contributed by atoms with Gasteiger partial charge in [-0.15, -0.1) is 22.9 Å². The molecule has 17 heavy (non-hydrogen) atoms. The predicted molar refractivity (Wildman–Crippen MR) is 81.1 cm³/mol. The van der Waals surface area contributed by atoms with Gasteiger partial charge >= 0.3 is 0 Å². The summed E-state index contributed by atoms with van der Waals surface area (Å²) in [5.74, 6) is 0.614. The van der Waals surface area contributed by atoms with E-state index < -0.39 is 0 Å². The molecule has 1 aliphatic carbocycles. The van der Waals surface area contributed by atoms with Crippen LogP contribution < -0.4 is 0 Å². The van der Waals surface area contributed by atoms with Crippen LogP contribution in [0.2, 0.25) is 0 Å². The SMILES string of the molecule is Cc1sc(C(Cl)C2CCCCC2(C)C)cc1Br. The molecule has 0 spiro atoms. The molecule has 0 saturated heterocycles. The Morgan fingerprint density at radius 3 is 2.71 bits per heavy atom. The zero-order valence-corrected chi connectivity index (χ0v) is 13.9. The normalized spacial score (nSPS) is 25.8. The van der Waals surface area contributed by atoms with Gasteiger partial charge in [-0.25, -0.2) is 0 Å². The van der Waals surface area contributed by atoms with E-state index in [9.17, 15) is 0 Å². The molecule has 0 radical (unpaired) electrons. The Balaban J connectivity index is 2.21. The molecule has 2 atom stereocenters. The standard InChI is InChI=1S/C14H20BrClS/c1-9-11(15)8-12(17-9)13(16)10-6-4-5-7-14(10,2)3/h8,10,13H,4-7H2,1-3H3. The Morgan fingerprint density at radius 1 is 1.47 bits per heavy atom. The van der Waals surface area contributed by atoms with Crippen molar-refractivity contribution in [2.24, 2.45) is 11.3 Å². The first kappa shape index (κ1) is 13.9. The maximum Gasteiger partial charge on any atom is 0.0712 e. The van der Waals surface area contributed by atoms with Crippen molar-refractivity contribution >= 4 is 38.9 Å². The van der Waals surface area contributed by atoms with Gasteiger partial charge in [-0.1, -0.05) is 26.7 Å². The van der Waals surface area contributed by atoms with E-state index in [1.165, 1.54) is 39.9 Å². The van der Waals surface area contributed by atoms with Crippen molar-refractivity contribution in [1.82, 2.24) is 0 Å². The fourth-order valence-corrected chi connectivity index (χ4v) is 5.15. The minimum atomic E-state index is 0.181. The summed E-state index contributed by atoms with van der Waals surface area (Å²) in [6.07, 6.45) is 5.28. The van der Waals surface area contributed by atoms with Gasteiger partial charge in [0.15, 0.2) is 0 Å². The lowest BCUT2D eigenvalue weighted by molar-refractivity contribution is 0.134. The monoisotopic (exact) mass is 334 g/mol. The number of rotatable bonds is 2. The summed E-state index contributed by atoms with van der Waals surface area (Å²) < 4.78 is 1.21. The maximum absolute atomic E-state index is 6.74. The Labute approximate surface area is 122 Å². The van der Waals surface area contributed by atoms with E-state index in [-0.39, 0.29) is 5.38 Å². The molecule has 0 nitrogen and oxygen atoms in total. The predicted octanol–water partition coefficient (Wildman–Crippen LogP) is 6.32. The summed E-state index contributed by atoms with van der Waals surface area (Å²) >= 11 is 12.2. The highest BCUT2D eigenvalue weighted by molar-refractivity contribution is 9.10. The lowest BCUT2D eigenvalue weighted by atomic mass is 9.67. The summed E-state index contributed by atoms with van der Waals surface area (Å²) in [5, 5.41) is 0.181. The van der Waals surface area contributed by atoms with Crippen molar-refractivity contribution in [2.75, 3.05) is 0 Å². The van der Waals surface area contributed by atoms with Crippen LogP contribution in [-0.2, 0) is 0 Å². The molecule has 0 aliphatic heterocycles. The number of hydrogen-bond acceptors (Lipinski definition) is 1. The number of alkyl halides is 1. The van der Waals surface area contributed by atoms with Crippen molar-refractivity contribution in [2.45, 2.75) is 51.8 Å². The summed E-state index contributed by atoms with van der Waals surface area (Å²) in [5.41, 5.74) is 0.384. The summed E-state index contributed by atoms with van der Waals surface area (Å²) in [7, 11) is 0. The summed E-state index contributed by atoms with van der Waals surface area (Å²) in [4.78, 5) is 2.66. The minimum Gasteiger partial charge on any atom is -0.143 e. The Bertz CT molecular complexity index is 377. The van der Waals surface area contributed by atoms with Crippen molar-refractivity contribution in [1.29, 1.82) is 0 Å². The van der Waals surface area contributed by atoms with Crippen LogP contribution in [0.4, 0.5) is 0 Å². The van der Waals surface area contributed by atoms with Crippen LogP contribution in [0.5, 0.6) is 0 Å². The van der Waals surface area contributed by atoms with E-state index in [1.54, 1.807) is 0 Å². The average Bonchev–Trinajstić information content (AvgIpc) is 2.58. The van der Waals surface area contributed by atoms with Gasteiger partial charge in [0.1, 0.15) is 0 Å². The van der Waals surface area contributed by atoms with Gasteiger partial charge in [0.2, 0.25) is 0 Å². The fraction of sp³-hybridized carbons (Fsp3) is 0.714. The fourth-order valence-electron chi connectivity index (χ4n) is 2.88. The van der Waals surface area contributed by atoms with Gasteiger partial charge < -0.3 is 0 Å². The Hall–Kier alpha value is 0.470. The zero-order valence-electron chi connectivity index (χ0n) is 10.7. The molecule has 3 heteroatoms. The Kier molecular flexibility index (Phi) is 4.27. The van der Waals surface area contributed by atoms with Gasteiger partial charge in [0.05, 0.1) is 5.38 Å². The summed E-state index contributed by atoms with van der Waals surface area (Å²) in [6.45, 7) is 6.90. The van der Waals surface area contributed by atoms with Crippen LogP contribution in [0.25, 0.3) is 0 Å². The third-order valence-corrected chi connectivity index (χ3v) is 6.98. The number of halogens is 2. The van der Waals surface area contributed by atoms with Crippen LogP contribution >= 0.6 is 38.9 Å². The summed E-state index contributed by atoms with van der Waals surface area (Å²) in [6, 6.07) is 2.21. The first-order chi connectivity index (χ1) is 7.92. The minimum absolute atomic E-state index is 0.181. The molecule has 0 amide bonds. The van der Waals surface area contributed by atoms with E-state index >= 15 is 0 Å². The molecule has 1 fully saturated rings. The third-order valence-electron chi connectivity index (χ3n) is 4.09. The molecule has 1 heterocycles. The molecule has 1 aliphatic rings. The molecule has 0 N–H and O–H groups in total. The Morgan fingerprint density at radius 2 is 2.18 bits per heavy atom. The van der Waals surface area contributed by atoms with Crippen LogP contribution in [0, 0.1) is 18.3 Å². The molecule has 2 rings (SSSR count). The number of hydrogen-bond donors (Lipinski definition) is 0. The van der Waals surface area contributed by atoms with Gasteiger partial charge in [-0.2, -0.15) is 0 Å². The number of aryl methyl sites for hydroxylation is 1. The van der Waals surface area contributed by atoms with Crippen molar-refractivity contribution in [3.8, 4) is 0 Å². The van der Waals surface area contributed by atoms with Crippen LogP contribution in [0.1, 0.15) is 54.7 Å². The lowest BCUT2D eigenvalue weighted by Gasteiger charge is -2.41. The molecular formula is C14H20BrClS. The van der Waals surface area contributed by atoms with Gasteiger partial charge in [-0.3, -0.25) is 0 Å². The zero-order chi connectivity index (χ0) is 12.6. The maximum atomic E-state index is 6.74. The van der Waals surface area contributed by atoms with E-state index in [1.807, 2.05) is 11.3 Å². The molecule has 1 aromatic rings. The first-order valence-electron chi connectivity index (χ1n) is 6.32. The van der Waals surface area contributed by atoms with Crippen molar-refractivity contribution < 1.29 is 0 Å². The molecule has 1 aromatic heterocycles. The molecule has 0 bridgehead atoms. The van der Waals surface area contributed by atoms with Crippen molar-refractivity contribution in [3.05, 3.63) is 20.3 Å². The topological polar surface area (TPSA) is 0 Å². The smallest absolute Gasteiger partial charge is 0.0712 e. The van der Waals surface area contributed by atoms with Crippen LogP contribution in [0.3, 0.4) is 0 Å². The highest BCUT2D eigenvalue weighted by Gasteiger charge is 2.37. The first-order valence-corrected chi connectivity index (χ1v) is 8.36. The molecular weight excluding hydrogens is 316 g/mol. The van der Waals surface area contributed by atoms with Gasteiger partial charge in [-0.05, 0) is 53.1 Å². The van der Waals surface area contributed by atoms with Crippen LogP contribution in [0.15, 0.2) is 10.5 Å². The molecule has 96 valence electrons. The second kappa shape index (κ2) is 5.22. The number of thiophene rings is 1. The van der Waals surface area contributed by atoms with Crippen molar-refractivity contribution in [3.63, 3.8) is 0 Å². The van der Waals surface area contributed by atoms with Gasteiger partial charge in [0.25, 0.3) is 0 Å². The third kappa shape index (κ3) is 2.90. The van der Waals surface area contributed by atoms with E-state index in [0.717, 1.165) is 0 Å². The largest absolute Gasteiger partial charge is 0.143 e. The lowest BCUT2D eigenvalue weighted by Crippen LogP contribution is -2.30. The molecule has 1 saturated carbocycles. The molecule has 2 unspecified atom stereocenters. The second-order valence-corrected chi connectivity index (χ2v) is 8.41. The highest BCUT2D eigenvalue weighted by atomic mass is 79.9. The van der Waals surface area contributed by atoms with E-state index in [0.29, 0.717) is 11.3 Å². The highest BCUT2D eigenvalue weighted by Crippen LogP contribution is 2.51. The second-order valence-electron chi connectivity index (χ2n) is 5.80. The van der Waals surface area contributed by atoms with E-state index in [4.69, 9.17) is 11.6 Å². The van der Waals surface area contributed by atoms with Crippen LogP contribution in [-0.4, -0.2) is 0 Å². The molecule has 0 aromatic carbocycles. The average molecular weight is 336 g/mol.